The first-order valence-electron chi connectivity index (χ1n) is 5.26. The third-order valence-corrected chi connectivity index (χ3v) is 2.68. The van der Waals surface area contributed by atoms with E-state index in [4.69, 9.17) is 10.4 Å². The molecule has 1 aliphatic rings. The quantitative estimate of drug-likeness (QED) is 0.778. The summed E-state index contributed by atoms with van der Waals surface area (Å²) in [7, 11) is 0. The van der Waals surface area contributed by atoms with Crippen LogP contribution in [-0.4, -0.2) is 41.3 Å². The molecule has 7 heteroatoms. The van der Waals surface area contributed by atoms with Crippen LogP contribution in [0.3, 0.4) is 0 Å². The zero-order valence-corrected chi connectivity index (χ0v) is 9.07. The molecule has 1 saturated carbocycles. The minimum absolute atomic E-state index is 0.00699. The van der Waals surface area contributed by atoms with Crippen LogP contribution < -0.4 is 0 Å². The second kappa shape index (κ2) is 5.36. The number of carboxylic acid groups (broad SMARTS) is 1. The van der Waals surface area contributed by atoms with Crippen molar-refractivity contribution in [2.75, 3.05) is 13.1 Å². The highest BCUT2D eigenvalue weighted by Crippen LogP contribution is 2.32. The summed E-state index contributed by atoms with van der Waals surface area (Å²) < 4.78 is 37.4. The lowest BCUT2D eigenvalue weighted by atomic mass is 10.1. The Balaban J connectivity index is 2.62. The van der Waals surface area contributed by atoms with Gasteiger partial charge in [0.05, 0.1) is 6.07 Å². The fourth-order valence-electron chi connectivity index (χ4n) is 1.61. The number of rotatable bonds is 6. The van der Waals surface area contributed by atoms with Crippen molar-refractivity contribution in [3.63, 3.8) is 0 Å². The second-order valence-corrected chi connectivity index (χ2v) is 4.07. The van der Waals surface area contributed by atoms with Gasteiger partial charge in [-0.2, -0.15) is 18.4 Å². The van der Waals surface area contributed by atoms with E-state index in [9.17, 15) is 18.0 Å². The summed E-state index contributed by atoms with van der Waals surface area (Å²) in [5.74, 6) is -4.23. The number of carboxylic acids is 1. The van der Waals surface area contributed by atoms with E-state index >= 15 is 0 Å². The molecule has 0 amide bonds. The molecule has 1 fully saturated rings. The maximum Gasteiger partial charge on any atom is 0.403 e. The van der Waals surface area contributed by atoms with E-state index < -0.39 is 24.6 Å². The Bertz CT molecular complexity index is 320. The van der Waals surface area contributed by atoms with Crippen LogP contribution in [0.1, 0.15) is 19.3 Å². The van der Waals surface area contributed by atoms with Crippen molar-refractivity contribution in [1.29, 1.82) is 5.26 Å². The summed E-state index contributed by atoms with van der Waals surface area (Å²) in [6, 6.07) is 1.86. The molecule has 0 saturated heterocycles. The molecule has 17 heavy (non-hydrogen) atoms. The van der Waals surface area contributed by atoms with Gasteiger partial charge in [0.15, 0.2) is 5.92 Å². The molecule has 0 bridgehead atoms. The zero-order valence-electron chi connectivity index (χ0n) is 9.07. The molecular weight excluding hydrogens is 237 g/mol. The second-order valence-electron chi connectivity index (χ2n) is 4.07. The van der Waals surface area contributed by atoms with Gasteiger partial charge < -0.3 is 5.11 Å². The van der Waals surface area contributed by atoms with E-state index in [-0.39, 0.29) is 19.0 Å². The molecule has 4 nitrogen and oxygen atoms in total. The van der Waals surface area contributed by atoms with Crippen molar-refractivity contribution in [3.8, 4) is 6.07 Å². The Morgan fingerprint density at radius 1 is 1.53 bits per heavy atom. The number of hydrogen-bond acceptors (Lipinski definition) is 3. The Kier molecular flexibility index (Phi) is 4.34. The van der Waals surface area contributed by atoms with Crippen molar-refractivity contribution in [1.82, 2.24) is 4.90 Å². The van der Waals surface area contributed by atoms with Crippen molar-refractivity contribution < 1.29 is 23.1 Å². The summed E-state index contributed by atoms with van der Waals surface area (Å²) >= 11 is 0. The Labute approximate surface area is 96.6 Å². The summed E-state index contributed by atoms with van der Waals surface area (Å²) in [6.07, 6.45) is -3.09. The fraction of sp³-hybridized carbons (Fsp3) is 0.800. The molecule has 1 aliphatic carbocycles. The van der Waals surface area contributed by atoms with Crippen molar-refractivity contribution in [2.45, 2.75) is 31.5 Å². The van der Waals surface area contributed by atoms with Gasteiger partial charge in [0, 0.05) is 25.6 Å². The van der Waals surface area contributed by atoms with Crippen LogP contribution in [0.2, 0.25) is 0 Å². The van der Waals surface area contributed by atoms with Crippen molar-refractivity contribution in [3.05, 3.63) is 0 Å². The molecular formula is C10H13F3N2O2. The maximum absolute atomic E-state index is 12.5. The summed E-state index contributed by atoms with van der Waals surface area (Å²) in [4.78, 5) is 12.0. The molecule has 0 spiro atoms. The third kappa shape index (κ3) is 4.23. The normalized spacial score (nSPS) is 17.8. The smallest absolute Gasteiger partial charge is 0.403 e. The summed E-state index contributed by atoms with van der Waals surface area (Å²) in [5.41, 5.74) is 0. The molecule has 1 rings (SSSR count). The first-order valence-corrected chi connectivity index (χ1v) is 5.26. The number of nitriles is 1. The molecule has 0 aromatic heterocycles. The average molecular weight is 250 g/mol. The topological polar surface area (TPSA) is 64.3 Å². The number of alkyl halides is 3. The van der Waals surface area contributed by atoms with Gasteiger partial charge in [0.25, 0.3) is 0 Å². The molecule has 1 unspecified atom stereocenters. The van der Waals surface area contributed by atoms with Gasteiger partial charge in [-0.3, -0.25) is 9.69 Å². The predicted molar refractivity (Wildman–Crippen MR) is 52.0 cm³/mol. The predicted octanol–water partition coefficient (Wildman–Crippen LogP) is 1.63. The molecule has 1 N–H and O–H groups in total. The van der Waals surface area contributed by atoms with E-state index in [2.05, 4.69) is 0 Å². The van der Waals surface area contributed by atoms with E-state index in [0.29, 0.717) is 0 Å². The van der Waals surface area contributed by atoms with Crippen LogP contribution in [0.5, 0.6) is 0 Å². The molecule has 0 aromatic carbocycles. The van der Waals surface area contributed by atoms with Crippen molar-refractivity contribution >= 4 is 5.97 Å². The minimum atomic E-state index is -4.74. The molecule has 1 atom stereocenters. The van der Waals surface area contributed by atoms with Crippen LogP contribution >= 0.6 is 0 Å². The van der Waals surface area contributed by atoms with Gasteiger partial charge in [-0.25, -0.2) is 0 Å². The van der Waals surface area contributed by atoms with E-state index in [1.165, 1.54) is 4.90 Å². The fourth-order valence-corrected chi connectivity index (χ4v) is 1.61. The Morgan fingerprint density at radius 2 is 2.12 bits per heavy atom. The Morgan fingerprint density at radius 3 is 2.47 bits per heavy atom. The zero-order chi connectivity index (χ0) is 13.1. The molecule has 0 radical (unpaired) electrons. The lowest BCUT2D eigenvalue weighted by Gasteiger charge is -2.25. The maximum atomic E-state index is 12.5. The highest BCUT2D eigenvalue weighted by Gasteiger charge is 2.47. The highest BCUT2D eigenvalue weighted by molar-refractivity contribution is 5.71. The first-order chi connectivity index (χ1) is 7.86. The molecule has 0 heterocycles. The van der Waals surface area contributed by atoms with Gasteiger partial charge in [-0.1, -0.05) is 0 Å². The standard InChI is InChI=1S/C10H13F3N2O2/c11-10(12,13)8(9(16)17)6-15(5-1-4-14)7-2-3-7/h7-8H,1-3,5-6H2,(H,16,17). The summed E-state index contributed by atoms with van der Waals surface area (Å²) in [6.45, 7) is -0.369. The van der Waals surface area contributed by atoms with E-state index in [1.54, 1.807) is 0 Å². The minimum Gasteiger partial charge on any atom is -0.481 e. The lowest BCUT2D eigenvalue weighted by Crippen LogP contribution is -2.42. The highest BCUT2D eigenvalue weighted by atomic mass is 19.4. The number of nitrogens with zero attached hydrogens (tertiary/aromatic N) is 2. The largest absolute Gasteiger partial charge is 0.481 e. The molecule has 0 aliphatic heterocycles. The first kappa shape index (κ1) is 13.8. The van der Waals surface area contributed by atoms with E-state index in [1.807, 2.05) is 6.07 Å². The van der Waals surface area contributed by atoms with Gasteiger partial charge >= 0.3 is 12.1 Å². The van der Waals surface area contributed by atoms with Gasteiger partial charge in [0.2, 0.25) is 0 Å². The van der Waals surface area contributed by atoms with Crippen LogP contribution in [0.4, 0.5) is 13.2 Å². The monoisotopic (exact) mass is 250 g/mol. The van der Waals surface area contributed by atoms with Crippen LogP contribution in [0, 0.1) is 17.2 Å². The lowest BCUT2D eigenvalue weighted by molar-refractivity contribution is -0.196. The van der Waals surface area contributed by atoms with Crippen LogP contribution in [0.25, 0.3) is 0 Å². The van der Waals surface area contributed by atoms with Gasteiger partial charge in [0.1, 0.15) is 0 Å². The molecule has 0 aromatic rings. The third-order valence-electron chi connectivity index (χ3n) is 2.68. The number of hydrogen-bond donors (Lipinski definition) is 1. The van der Waals surface area contributed by atoms with E-state index in [0.717, 1.165) is 12.8 Å². The summed E-state index contributed by atoms with van der Waals surface area (Å²) in [5, 5.41) is 17.0. The van der Waals surface area contributed by atoms with Crippen LogP contribution in [-0.2, 0) is 4.79 Å². The number of halogens is 3. The van der Waals surface area contributed by atoms with Crippen LogP contribution in [0.15, 0.2) is 0 Å². The number of carbonyl (C=O) groups is 1. The SMILES string of the molecule is N#CCCN(CC(C(=O)O)C(F)(F)F)C1CC1. The van der Waals surface area contributed by atoms with Gasteiger partial charge in [-0.15, -0.1) is 0 Å². The number of aliphatic carboxylic acids is 1. The molecule has 96 valence electrons. The van der Waals surface area contributed by atoms with Gasteiger partial charge in [-0.05, 0) is 12.8 Å². The average Bonchev–Trinajstić information content (AvgIpc) is 2.99. The van der Waals surface area contributed by atoms with Crippen molar-refractivity contribution in [2.24, 2.45) is 5.92 Å². The Hall–Kier alpha value is -1.29.